The number of anilines is 1. The maximum absolute atomic E-state index is 8.89. The Labute approximate surface area is 114 Å². The average molecular weight is 257 g/mol. The lowest BCUT2D eigenvalue weighted by molar-refractivity contribution is 0.296. The van der Waals surface area contributed by atoms with Crippen molar-refractivity contribution in [2.45, 2.75) is 33.1 Å². The molecule has 0 fully saturated rings. The molecule has 0 bridgehead atoms. The van der Waals surface area contributed by atoms with Gasteiger partial charge in [0.25, 0.3) is 0 Å². The van der Waals surface area contributed by atoms with Crippen LogP contribution in [0.3, 0.4) is 0 Å². The molecule has 2 N–H and O–H groups in total. The molecule has 0 unspecified atom stereocenters. The topological polar surface area (TPSA) is 82.8 Å². The van der Waals surface area contributed by atoms with E-state index in [1.807, 2.05) is 19.9 Å². The van der Waals surface area contributed by atoms with Crippen LogP contribution in [-0.4, -0.2) is 6.61 Å². The summed E-state index contributed by atoms with van der Waals surface area (Å²) in [6.45, 7) is 4.44. The Morgan fingerprint density at radius 1 is 1.26 bits per heavy atom. The van der Waals surface area contributed by atoms with Crippen LogP contribution in [0, 0.1) is 28.1 Å². The number of hydrogen-bond donors (Lipinski definition) is 1. The van der Waals surface area contributed by atoms with Crippen molar-refractivity contribution in [1.82, 2.24) is 0 Å². The molecule has 4 heteroatoms. The first kappa shape index (κ1) is 14.9. The van der Waals surface area contributed by atoms with Gasteiger partial charge in [0.05, 0.1) is 35.4 Å². The van der Waals surface area contributed by atoms with Gasteiger partial charge in [-0.1, -0.05) is 0 Å². The molecule has 4 nitrogen and oxygen atoms in total. The summed E-state index contributed by atoms with van der Waals surface area (Å²) in [5, 5.41) is 17.6. The minimum absolute atomic E-state index is 0.270. The third-order valence-corrected chi connectivity index (χ3v) is 2.90. The number of hydrogen-bond acceptors (Lipinski definition) is 4. The monoisotopic (exact) mass is 257 g/mol. The van der Waals surface area contributed by atoms with E-state index in [9.17, 15) is 0 Å². The van der Waals surface area contributed by atoms with E-state index in [0.717, 1.165) is 19.3 Å². The Bertz CT molecular complexity index is 509. The largest absolute Gasteiger partial charge is 0.491 e. The standard InChI is InChI=1S/C15H19N3O/c1-15(2,11-17)7-3-4-8-19-14-6-5-12(10-16)9-13(14)18/h5-6,9H,3-4,7-8,18H2,1-2H3. The number of nitrogens with two attached hydrogens (primary N) is 1. The van der Waals surface area contributed by atoms with Crippen LogP contribution in [0.5, 0.6) is 5.75 Å². The fourth-order valence-corrected chi connectivity index (χ4v) is 1.66. The van der Waals surface area contributed by atoms with E-state index < -0.39 is 0 Å². The smallest absolute Gasteiger partial charge is 0.142 e. The van der Waals surface area contributed by atoms with E-state index in [1.54, 1.807) is 18.2 Å². The number of benzene rings is 1. The van der Waals surface area contributed by atoms with Crippen LogP contribution < -0.4 is 10.5 Å². The van der Waals surface area contributed by atoms with Crippen molar-refractivity contribution in [1.29, 1.82) is 10.5 Å². The highest BCUT2D eigenvalue weighted by Crippen LogP contribution is 2.24. The Morgan fingerprint density at radius 3 is 2.58 bits per heavy atom. The highest BCUT2D eigenvalue weighted by Gasteiger charge is 2.15. The molecular weight excluding hydrogens is 238 g/mol. The molecule has 1 aromatic rings. The first-order valence-electron chi connectivity index (χ1n) is 6.32. The number of rotatable bonds is 6. The molecule has 0 aliphatic rings. The van der Waals surface area contributed by atoms with Crippen LogP contribution in [0.2, 0.25) is 0 Å². The highest BCUT2D eigenvalue weighted by atomic mass is 16.5. The van der Waals surface area contributed by atoms with Gasteiger partial charge in [-0.15, -0.1) is 0 Å². The van der Waals surface area contributed by atoms with Gasteiger partial charge in [-0.2, -0.15) is 10.5 Å². The van der Waals surface area contributed by atoms with E-state index in [2.05, 4.69) is 6.07 Å². The van der Waals surface area contributed by atoms with Crippen molar-refractivity contribution in [3.05, 3.63) is 23.8 Å². The van der Waals surface area contributed by atoms with Crippen LogP contribution in [-0.2, 0) is 0 Å². The average Bonchev–Trinajstić information content (AvgIpc) is 2.39. The van der Waals surface area contributed by atoms with Gasteiger partial charge < -0.3 is 10.5 Å². The molecule has 100 valence electrons. The van der Waals surface area contributed by atoms with Gasteiger partial charge in [-0.3, -0.25) is 0 Å². The van der Waals surface area contributed by atoms with Crippen molar-refractivity contribution in [2.24, 2.45) is 5.41 Å². The number of nitrogens with zero attached hydrogens (tertiary/aromatic N) is 2. The lowest BCUT2D eigenvalue weighted by Crippen LogP contribution is -2.08. The predicted octanol–water partition coefficient (Wildman–Crippen LogP) is 3.24. The van der Waals surface area contributed by atoms with Gasteiger partial charge >= 0.3 is 0 Å². The summed E-state index contributed by atoms with van der Waals surface area (Å²) >= 11 is 0. The zero-order valence-electron chi connectivity index (χ0n) is 11.4. The van der Waals surface area contributed by atoms with Crippen LogP contribution in [0.25, 0.3) is 0 Å². The molecule has 0 aromatic heterocycles. The Morgan fingerprint density at radius 2 is 2.00 bits per heavy atom. The molecule has 0 radical (unpaired) electrons. The second-order valence-electron chi connectivity index (χ2n) is 5.17. The van der Waals surface area contributed by atoms with Crippen LogP contribution >= 0.6 is 0 Å². The Kier molecular flexibility index (Phi) is 5.21. The molecule has 0 aliphatic carbocycles. The number of nitrogen functional groups attached to an aromatic ring is 1. The zero-order chi connectivity index (χ0) is 14.3. The van der Waals surface area contributed by atoms with Gasteiger partial charge in [0.1, 0.15) is 5.75 Å². The molecular formula is C15H19N3O. The normalized spacial score (nSPS) is 10.5. The third kappa shape index (κ3) is 4.89. The summed E-state index contributed by atoms with van der Waals surface area (Å²) < 4.78 is 5.57. The summed E-state index contributed by atoms with van der Waals surface area (Å²) in [5.41, 5.74) is 6.52. The van der Waals surface area contributed by atoms with Gasteiger partial charge in [-0.05, 0) is 51.3 Å². The van der Waals surface area contributed by atoms with E-state index in [4.69, 9.17) is 21.0 Å². The van der Waals surface area contributed by atoms with E-state index in [0.29, 0.717) is 23.6 Å². The third-order valence-electron chi connectivity index (χ3n) is 2.90. The summed E-state index contributed by atoms with van der Waals surface area (Å²) in [6.07, 6.45) is 2.68. The van der Waals surface area contributed by atoms with Gasteiger partial charge in [0.2, 0.25) is 0 Å². The summed E-state index contributed by atoms with van der Waals surface area (Å²) in [5.74, 6) is 0.610. The first-order valence-corrected chi connectivity index (χ1v) is 6.32. The number of nitriles is 2. The minimum atomic E-state index is -0.270. The van der Waals surface area contributed by atoms with Gasteiger partial charge in [0, 0.05) is 0 Å². The van der Waals surface area contributed by atoms with E-state index in [-0.39, 0.29) is 5.41 Å². The summed E-state index contributed by atoms with van der Waals surface area (Å²) in [4.78, 5) is 0. The zero-order valence-corrected chi connectivity index (χ0v) is 11.4. The quantitative estimate of drug-likeness (QED) is 0.626. The molecule has 0 aliphatic heterocycles. The lowest BCUT2D eigenvalue weighted by Gasteiger charge is -2.14. The minimum Gasteiger partial charge on any atom is -0.491 e. The molecule has 0 saturated heterocycles. The van der Waals surface area contributed by atoms with Crippen molar-refractivity contribution in [3.8, 4) is 17.9 Å². The Hall–Kier alpha value is -2.20. The van der Waals surface area contributed by atoms with Crippen LogP contribution in [0.15, 0.2) is 18.2 Å². The molecule has 0 spiro atoms. The van der Waals surface area contributed by atoms with Crippen molar-refractivity contribution >= 4 is 5.69 Å². The first-order chi connectivity index (χ1) is 8.98. The lowest BCUT2D eigenvalue weighted by atomic mass is 9.89. The molecule has 19 heavy (non-hydrogen) atoms. The van der Waals surface area contributed by atoms with Crippen LogP contribution in [0.1, 0.15) is 38.7 Å². The fraction of sp³-hybridized carbons (Fsp3) is 0.467. The van der Waals surface area contributed by atoms with Gasteiger partial charge in [0.15, 0.2) is 0 Å². The van der Waals surface area contributed by atoms with E-state index >= 15 is 0 Å². The highest BCUT2D eigenvalue weighted by molar-refractivity contribution is 5.56. The predicted molar refractivity (Wildman–Crippen MR) is 74.3 cm³/mol. The van der Waals surface area contributed by atoms with Crippen molar-refractivity contribution in [3.63, 3.8) is 0 Å². The molecule has 1 rings (SSSR count). The van der Waals surface area contributed by atoms with E-state index in [1.165, 1.54) is 0 Å². The van der Waals surface area contributed by atoms with Crippen molar-refractivity contribution < 1.29 is 4.74 Å². The SMILES string of the molecule is CC(C)(C#N)CCCCOc1ccc(C#N)cc1N. The second-order valence-corrected chi connectivity index (χ2v) is 5.17. The molecule has 0 atom stereocenters. The number of ether oxygens (including phenoxy) is 1. The summed E-state index contributed by atoms with van der Waals surface area (Å²) in [7, 11) is 0. The molecule has 0 saturated carbocycles. The molecule has 1 aromatic carbocycles. The maximum Gasteiger partial charge on any atom is 0.142 e. The number of unbranched alkanes of at least 4 members (excludes halogenated alkanes) is 1. The fourth-order valence-electron chi connectivity index (χ4n) is 1.66. The Balaban J connectivity index is 2.35. The molecule has 0 amide bonds. The second kappa shape index (κ2) is 6.66. The van der Waals surface area contributed by atoms with Gasteiger partial charge in [-0.25, -0.2) is 0 Å². The maximum atomic E-state index is 8.89. The summed E-state index contributed by atoms with van der Waals surface area (Å²) in [6, 6.07) is 9.31. The van der Waals surface area contributed by atoms with Crippen molar-refractivity contribution in [2.75, 3.05) is 12.3 Å². The molecule has 0 heterocycles. The van der Waals surface area contributed by atoms with Crippen LogP contribution in [0.4, 0.5) is 5.69 Å².